The second kappa shape index (κ2) is 5.08. The van der Waals surface area contributed by atoms with Crippen molar-refractivity contribution in [3.63, 3.8) is 0 Å². The summed E-state index contributed by atoms with van der Waals surface area (Å²) >= 11 is 0. The first-order chi connectivity index (χ1) is 8.54. The Hall–Kier alpha value is -2.04. The first-order valence-electron chi connectivity index (χ1n) is 5.98. The Balaban J connectivity index is 1.91. The molecular formula is C13H17N3O2. The molecule has 1 heterocycles. The molecule has 0 saturated carbocycles. The third-order valence-corrected chi connectivity index (χ3v) is 2.91. The van der Waals surface area contributed by atoms with Crippen molar-refractivity contribution in [2.45, 2.75) is 13.3 Å². The second-order valence-electron chi connectivity index (χ2n) is 4.76. The average molecular weight is 247 g/mol. The molecule has 1 aromatic carbocycles. The Morgan fingerprint density at radius 3 is 2.94 bits per heavy atom. The number of hydrogen-bond donors (Lipinski definition) is 2. The lowest BCUT2D eigenvalue weighted by atomic mass is 10.2. The fourth-order valence-electron chi connectivity index (χ4n) is 2.11. The topological polar surface area (TPSA) is 75.4 Å². The summed E-state index contributed by atoms with van der Waals surface area (Å²) in [4.78, 5) is 24.9. The van der Waals surface area contributed by atoms with Crippen LogP contribution in [0.1, 0.15) is 13.3 Å². The zero-order valence-electron chi connectivity index (χ0n) is 10.3. The van der Waals surface area contributed by atoms with E-state index < -0.39 is 0 Å². The van der Waals surface area contributed by atoms with Gasteiger partial charge in [0.05, 0.1) is 6.54 Å². The standard InChI is InChI=1S/C13H17N3O2/c1-9-5-13(18)16(7-9)8-12(17)15-11-4-2-3-10(14)6-11/h2-4,6,9H,5,7-8,14H2,1H3,(H,15,17). The molecule has 2 amide bonds. The highest BCUT2D eigenvalue weighted by molar-refractivity contribution is 5.95. The van der Waals surface area contributed by atoms with E-state index in [2.05, 4.69) is 5.32 Å². The van der Waals surface area contributed by atoms with Crippen LogP contribution in [0.3, 0.4) is 0 Å². The van der Waals surface area contributed by atoms with Crippen LogP contribution in [0.5, 0.6) is 0 Å². The maximum atomic E-state index is 11.8. The van der Waals surface area contributed by atoms with Crippen LogP contribution in [0.2, 0.25) is 0 Å². The summed E-state index contributed by atoms with van der Waals surface area (Å²) in [6.07, 6.45) is 0.533. The van der Waals surface area contributed by atoms with E-state index >= 15 is 0 Å². The van der Waals surface area contributed by atoms with E-state index in [1.807, 2.05) is 6.92 Å². The molecule has 2 rings (SSSR count). The summed E-state index contributed by atoms with van der Waals surface area (Å²) in [5, 5.41) is 2.73. The molecule has 0 spiro atoms. The van der Waals surface area contributed by atoms with Crippen molar-refractivity contribution in [3.05, 3.63) is 24.3 Å². The molecule has 1 aromatic rings. The van der Waals surface area contributed by atoms with E-state index in [9.17, 15) is 9.59 Å². The SMILES string of the molecule is CC1CC(=O)N(CC(=O)Nc2cccc(N)c2)C1. The van der Waals surface area contributed by atoms with Crippen molar-refractivity contribution in [1.82, 2.24) is 4.90 Å². The molecule has 1 aliphatic rings. The molecule has 1 aliphatic heterocycles. The number of hydrogen-bond acceptors (Lipinski definition) is 3. The molecule has 96 valence electrons. The number of anilines is 2. The Kier molecular flexibility index (Phi) is 3.50. The van der Waals surface area contributed by atoms with Gasteiger partial charge < -0.3 is 16.0 Å². The summed E-state index contributed by atoms with van der Waals surface area (Å²) in [5.74, 6) is 0.186. The van der Waals surface area contributed by atoms with Gasteiger partial charge in [-0.3, -0.25) is 9.59 Å². The van der Waals surface area contributed by atoms with Gasteiger partial charge in [0.15, 0.2) is 0 Å². The highest BCUT2D eigenvalue weighted by Gasteiger charge is 2.27. The first-order valence-corrected chi connectivity index (χ1v) is 5.98. The largest absolute Gasteiger partial charge is 0.399 e. The van der Waals surface area contributed by atoms with Crippen LogP contribution < -0.4 is 11.1 Å². The van der Waals surface area contributed by atoms with Gasteiger partial charge in [-0.05, 0) is 24.1 Å². The number of nitrogens with zero attached hydrogens (tertiary/aromatic N) is 1. The molecule has 1 unspecified atom stereocenters. The van der Waals surface area contributed by atoms with Crippen LogP contribution in [0.25, 0.3) is 0 Å². The Bertz CT molecular complexity index is 473. The third kappa shape index (κ3) is 3.00. The first kappa shape index (κ1) is 12.4. The van der Waals surface area contributed by atoms with Gasteiger partial charge in [0, 0.05) is 24.3 Å². The number of likely N-dealkylation sites (tertiary alicyclic amines) is 1. The van der Waals surface area contributed by atoms with Crippen molar-refractivity contribution in [2.24, 2.45) is 5.92 Å². The number of nitrogens with one attached hydrogen (secondary N) is 1. The summed E-state index contributed by atoms with van der Waals surface area (Å²) in [6.45, 7) is 2.77. The van der Waals surface area contributed by atoms with E-state index in [0.29, 0.717) is 30.3 Å². The van der Waals surface area contributed by atoms with Gasteiger partial charge in [0.2, 0.25) is 11.8 Å². The summed E-state index contributed by atoms with van der Waals surface area (Å²) in [7, 11) is 0. The van der Waals surface area contributed by atoms with E-state index in [1.165, 1.54) is 0 Å². The fourth-order valence-corrected chi connectivity index (χ4v) is 2.11. The van der Waals surface area contributed by atoms with Gasteiger partial charge in [-0.25, -0.2) is 0 Å². The number of carbonyl (C=O) groups excluding carboxylic acids is 2. The molecule has 1 saturated heterocycles. The molecular weight excluding hydrogens is 230 g/mol. The van der Waals surface area contributed by atoms with Crippen LogP contribution in [0.15, 0.2) is 24.3 Å². The Morgan fingerprint density at radius 2 is 2.33 bits per heavy atom. The predicted molar refractivity (Wildman–Crippen MR) is 69.8 cm³/mol. The van der Waals surface area contributed by atoms with Crippen molar-refractivity contribution >= 4 is 23.2 Å². The lowest BCUT2D eigenvalue weighted by Crippen LogP contribution is -2.34. The van der Waals surface area contributed by atoms with E-state index in [4.69, 9.17) is 5.73 Å². The van der Waals surface area contributed by atoms with E-state index in [-0.39, 0.29) is 18.4 Å². The van der Waals surface area contributed by atoms with Gasteiger partial charge in [-0.2, -0.15) is 0 Å². The minimum absolute atomic E-state index is 0.0465. The van der Waals surface area contributed by atoms with E-state index in [0.717, 1.165) is 0 Å². The van der Waals surface area contributed by atoms with Gasteiger partial charge >= 0.3 is 0 Å². The zero-order valence-corrected chi connectivity index (χ0v) is 10.3. The quantitative estimate of drug-likeness (QED) is 0.785. The molecule has 1 fully saturated rings. The molecule has 0 aromatic heterocycles. The van der Waals surface area contributed by atoms with Crippen LogP contribution in [-0.4, -0.2) is 29.8 Å². The van der Waals surface area contributed by atoms with Crippen LogP contribution >= 0.6 is 0 Å². The highest BCUT2D eigenvalue weighted by Crippen LogP contribution is 2.17. The van der Waals surface area contributed by atoms with Crippen molar-refractivity contribution in [2.75, 3.05) is 24.1 Å². The van der Waals surface area contributed by atoms with Crippen LogP contribution in [0, 0.1) is 5.92 Å². The monoisotopic (exact) mass is 247 g/mol. The molecule has 0 aliphatic carbocycles. The highest BCUT2D eigenvalue weighted by atomic mass is 16.2. The normalized spacial score (nSPS) is 19.1. The maximum Gasteiger partial charge on any atom is 0.243 e. The van der Waals surface area contributed by atoms with Gasteiger partial charge in [0.25, 0.3) is 0 Å². The fraction of sp³-hybridized carbons (Fsp3) is 0.385. The van der Waals surface area contributed by atoms with Crippen LogP contribution in [-0.2, 0) is 9.59 Å². The number of carbonyl (C=O) groups is 2. The minimum atomic E-state index is -0.192. The summed E-state index contributed by atoms with van der Waals surface area (Å²) in [5.41, 5.74) is 6.87. The van der Waals surface area contributed by atoms with Gasteiger partial charge in [0.1, 0.15) is 0 Å². The number of nitrogen functional groups attached to an aromatic ring is 1. The number of amides is 2. The Morgan fingerprint density at radius 1 is 1.56 bits per heavy atom. The van der Waals surface area contributed by atoms with Crippen molar-refractivity contribution < 1.29 is 9.59 Å². The summed E-state index contributed by atoms with van der Waals surface area (Å²) in [6, 6.07) is 6.98. The maximum absolute atomic E-state index is 11.8. The second-order valence-corrected chi connectivity index (χ2v) is 4.76. The average Bonchev–Trinajstić information content (AvgIpc) is 2.57. The molecule has 5 heteroatoms. The molecule has 0 radical (unpaired) electrons. The van der Waals surface area contributed by atoms with Crippen molar-refractivity contribution in [1.29, 1.82) is 0 Å². The van der Waals surface area contributed by atoms with Gasteiger partial charge in [-0.1, -0.05) is 13.0 Å². The van der Waals surface area contributed by atoms with Crippen LogP contribution in [0.4, 0.5) is 11.4 Å². The number of rotatable bonds is 3. The molecule has 0 bridgehead atoms. The molecule has 18 heavy (non-hydrogen) atoms. The third-order valence-electron chi connectivity index (χ3n) is 2.91. The van der Waals surface area contributed by atoms with Gasteiger partial charge in [-0.15, -0.1) is 0 Å². The van der Waals surface area contributed by atoms with Crippen molar-refractivity contribution in [3.8, 4) is 0 Å². The molecule has 1 atom stereocenters. The predicted octanol–water partition coefficient (Wildman–Crippen LogP) is 1.08. The molecule has 3 N–H and O–H groups in total. The summed E-state index contributed by atoms with van der Waals surface area (Å²) < 4.78 is 0. The lowest BCUT2D eigenvalue weighted by Gasteiger charge is -2.15. The lowest BCUT2D eigenvalue weighted by molar-refractivity contribution is -0.131. The number of nitrogens with two attached hydrogens (primary N) is 1. The molecule has 5 nitrogen and oxygen atoms in total. The zero-order chi connectivity index (χ0) is 13.1. The van der Waals surface area contributed by atoms with E-state index in [1.54, 1.807) is 29.2 Å². The Labute approximate surface area is 106 Å². The smallest absolute Gasteiger partial charge is 0.243 e. The minimum Gasteiger partial charge on any atom is -0.399 e. The number of benzene rings is 1.